The van der Waals surface area contributed by atoms with E-state index in [1.807, 2.05) is 13.8 Å². The van der Waals surface area contributed by atoms with E-state index in [1.165, 1.54) is 0 Å². The van der Waals surface area contributed by atoms with Crippen molar-refractivity contribution in [3.63, 3.8) is 0 Å². The number of nitrogens with two attached hydrogens (primary N) is 1. The van der Waals surface area contributed by atoms with E-state index < -0.39 is 36.0 Å². The Bertz CT molecular complexity index is 342. The van der Waals surface area contributed by atoms with E-state index in [-0.39, 0.29) is 5.92 Å². The molecule has 0 aromatic carbocycles. The number of rotatable bonds is 6. The fourth-order valence-electron chi connectivity index (χ4n) is 1.47. The maximum Gasteiger partial charge on any atom is 0.336 e. The molecule has 0 saturated carbocycles. The zero-order valence-electron chi connectivity index (χ0n) is 9.67. The zero-order chi connectivity index (χ0) is 13.2. The highest BCUT2D eigenvalue weighted by molar-refractivity contribution is 5.94. The SMILES string of the molecule is CC(C)CC(NC(=O)[C@@H]1O[C@H]1C(=O)O)C(N)=O. The maximum atomic E-state index is 11.5. The normalized spacial score (nSPS) is 24.2. The maximum absolute atomic E-state index is 11.5. The number of amides is 2. The second-order valence-electron chi connectivity index (χ2n) is 4.41. The summed E-state index contributed by atoms with van der Waals surface area (Å²) >= 11 is 0. The number of hydrogen-bond donors (Lipinski definition) is 3. The van der Waals surface area contributed by atoms with E-state index in [0.29, 0.717) is 6.42 Å². The lowest BCUT2D eigenvalue weighted by Crippen LogP contribution is -2.47. The first kappa shape index (κ1) is 13.4. The number of carbonyl (C=O) groups excluding carboxylic acids is 2. The molecule has 0 spiro atoms. The molecule has 1 fully saturated rings. The second-order valence-corrected chi connectivity index (χ2v) is 4.41. The van der Waals surface area contributed by atoms with E-state index in [0.717, 1.165) is 0 Å². The fourth-order valence-corrected chi connectivity index (χ4v) is 1.47. The van der Waals surface area contributed by atoms with Crippen LogP contribution in [0.25, 0.3) is 0 Å². The molecule has 0 aliphatic carbocycles. The third-order valence-corrected chi connectivity index (χ3v) is 2.36. The Morgan fingerprint density at radius 3 is 2.29 bits per heavy atom. The lowest BCUT2D eigenvalue weighted by Gasteiger charge is -2.16. The number of epoxide rings is 1. The van der Waals surface area contributed by atoms with Crippen LogP contribution >= 0.6 is 0 Å². The first-order valence-corrected chi connectivity index (χ1v) is 5.31. The molecule has 3 atom stereocenters. The molecule has 96 valence electrons. The Morgan fingerprint density at radius 1 is 1.35 bits per heavy atom. The van der Waals surface area contributed by atoms with Crippen molar-refractivity contribution in [2.45, 2.75) is 38.5 Å². The van der Waals surface area contributed by atoms with Crippen LogP contribution in [0.1, 0.15) is 20.3 Å². The highest BCUT2D eigenvalue weighted by Gasteiger charge is 2.51. The number of ether oxygens (including phenoxy) is 1. The van der Waals surface area contributed by atoms with Gasteiger partial charge in [0, 0.05) is 0 Å². The lowest BCUT2D eigenvalue weighted by atomic mass is 10.0. The van der Waals surface area contributed by atoms with Crippen molar-refractivity contribution in [3.05, 3.63) is 0 Å². The van der Waals surface area contributed by atoms with Gasteiger partial charge in [-0.2, -0.15) is 0 Å². The topological polar surface area (TPSA) is 122 Å². The van der Waals surface area contributed by atoms with Gasteiger partial charge in [0.2, 0.25) is 5.91 Å². The van der Waals surface area contributed by atoms with Gasteiger partial charge in [-0.25, -0.2) is 4.79 Å². The Labute approximate surface area is 98.3 Å². The summed E-state index contributed by atoms with van der Waals surface area (Å²) in [5.74, 6) is -2.26. The van der Waals surface area contributed by atoms with Crippen LogP contribution in [0.4, 0.5) is 0 Å². The van der Waals surface area contributed by atoms with Crippen LogP contribution in [0.15, 0.2) is 0 Å². The monoisotopic (exact) mass is 244 g/mol. The second kappa shape index (κ2) is 5.13. The van der Waals surface area contributed by atoms with Gasteiger partial charge in [-0.1, -0.05) is 13.8 Å². The predicted octanol–water partition coefficient (Wildman–Crippen LogP) is -1.15. The molecule has 0 radical (unpaired) electrons. The standard InChI is InChI=1S/C10H16N2O5/c1-4(2)3-5(8(11)13)12-9(14)6-7(17-6)10(15)16/h4-7H,3H2,1-2H3,(H2,11,13)(H,12,14)(H,15,16)/t5?,6-,7-/m1/s1. The van der Waals surface area contributed by atoms with Gasteiger partial charge >= 0.3 is 5.97 Å². The average molecular weight is 244 g/mol. The van der Waals surface area contributed by atoms with E-state index in [4.69, 9.17) is 10.8 Å². The summed E-state index contributed by atoms with van der Waals surface area (Å²) in [6.07, 6.45) is -1.71. The Balaban J connectivity index is 2.48. The molecule has 0 aromatic heterocycles. The van der Waals surface area contributed by atoms with Gasteiger partial charge in [0.1, 0.15) is 6.04 Å². The van der Waals surface area contributed by atoms with Gasteiger partial charge in [-0.3, -0.25) is 9.59 Å². The summed E-state index contributed by atoms with van der Waals surface area (Å²) in [5.41, 5.74) is 5.14. The van der Waals surface area contributed by atoms with Crippen LogP contribution in [0.5, 0.6) is 0 Å². The largest absolute Gasteiger partial charge is 0.479 e. The van der Waals surface area contributed by atoms with Gasteiger partial charge in [-0.15, -0.1) is 0 Å². The summed E-state index contributed by atoms with van der Waals surface area (Å²) < 4.78 is 4.66. The van der Waals surface area contributed by atoms with Crippen LogP contribution in [0.3, 0.4) is 0 Å². The third kappa shape index (κ3) is 3.70. The van der Waals surface area contributed by atoms with Crippen molar-refractivity contribution in [3.8, 4) is 0 Å². The summed E-state index contributed by atoms with van der Waals surface area (Å²) in [6.45, 7) is 3.77. The van der Waals surface area contributed by atoms with E-state index >= 15 is 0 Å². The average Bonchev–Trinajstić information content (AvgIpc) is 2.94. The molecular formula is C10H16N2O5. The summed E-state index contributed by atoms with van der Waals surface area (Å²) in [4.78, 5) is 33.1. The van der Waals surface area contributed by atoms with Gasteiger partial charge in [0.25, 0.3) is 5.91 Å². The minimum Gasteiger partial charge on any atom is -0.479 e. The fraction of sp³-hybridized carbons (Fsp3) is 0.700. The predicted molar refractivity (Wildman–Crippen MR) is 56.9 cm³/mol. The molecular weight excluding hydrogens is 228 g/mol. The zero-order valence-corrected chi connectivity index (χ0v) is 9.67. The number of aliphatic carboxylic acids is 1. The van der Waals surface area contributed by atoms with Crippen LogP contribution < -0.4 is 11.1 Å². The van der Waals surface area contributed by atoms with Gasteiger partial charge in [0.15, 0.2) is 12.2 Å². The number of hydrogen-bond acceptors (Lipinski definition) is 4. The molecule has 1 aliphatic rings. The molecule has 4 N–H and O–H groups in total. The highest BCUT2D eigenvalue weighted by Crippen LogP contribution is 2.22. The molecule has 1 aliphatic heterocycles. The molecule has 1 rings (SSSR count). The summed E-state index contributed by atoms with van der Waals surface area (Å²) in [7, 11) is 0. The number of carboxylic acid groups (broad SMARTS) is 1. The van der Waals surface area contributed by atoms with Crippen LogP contribution in [-0.2, 0) is 19.1 Å². The van der Waals surface area contributed by atoms with Crippen LogP contribution in [-0.4, -0.2) is 41.1 Å². The number of nitrogens with one attached hydrogen (secondary N) is 1. The molecule has 7 heteroatoms. The van der Waals surface area contributed by atoms with Crippen LogP contribution in [0, 0.1) is 5.92 Å². The van der Waals surface area contributed by atoms with Crippen molar-refractivity contribution >= 4 is 17.8 Å². The van der Waals surface area contributed by atoms with E-state index in [1.54, 1.807) is 0 Å². The van der Waals surface area contributed by atoms with Crippen molar-refractivity contribution < 1.29 is 24.2 Å². The Hall–Kier alpha value is -1.63. The highest BCUT2D eigenvalue weighted by atomic mass is 16.6. The molecule has 0 aromatic rings. The van der Waals surface area contributed by atoms with Crippen molar-refractivity contribution in [1.29, 1.82) is 0 Å². The molecule has 0 bridgehead atoms. The van der Waals surface area contributed by atoms with E-state index in [2.05, 4.69) is 10.1 Å². The summed E-state index contributed by atoms with van der Waals surface area (Å²) in [6, 6.07) is -0.791. The smallest absolute Gasteiger partial charge is 0.336 e. The Kier molecular flexibility index (Phi) is 4.06. The lowest BCUT2D eigenvalue weighted by molar-refractivity contribution is -0.138. The van der Waals surface area contributed by atoms with Gasteiger partial charge < -0.3 is 20.9 Å². The van der Waals surface area contributed by atoms with Crippen molar-refractivity contribution in [1.82, 2.24) is 5.32 Å². The molecule has 2 amide bonds. The quantitative estimate of drug-likeness (QED) is 0.509. The molecule has 1 heterocycles. The van der Waals surface area contributed by atoms with Gasteiger partial charge in [-0.05, 0) is 12.3 Å². The number of carboxylic acids is 1. The Morgan fingerprint density at radius 2 is 1.94 bits per heavy atom. The third-order valence-electron chi connectivity index (χ3n) is 2.36. The minimum absolute atomic E-state index is 0.184. The molecule has 7 nitrogen and oxygen atoms in total. The number of carbonyl (C=O) groups is 3. The van der Waals surface area contributed by atoms with Crippen LogP contribution in [0.2, 0.25) is 0 Å². The van der Waals surface area contributed by atoms with Crippen molar-refractivity contribution in [2.24, 2.45) is 11.7 Å². The first-order chi connectivity index (χ1) is 7.82. The number of primary amides is 1. The van der Waals surface area contributed by atoms with Gasteiger partial charge in [0.05, 0.1) is 0 Å². The summed E-state index contributed by atoms with van der Waals surface area (Å²) in [5, 5.41) is 11.0. The first-order valence-electron chi connectivity index (χ1n) is 5.31. The molecule has 1 saturated heterocycles. The molecule has 1 unspecified atom stereocenters. The van der Waals surface area contributed by atoms with Crippen molar-refractivity contribution in [2.75, 3.05) is 0 Å². The van der Waals surface area contributed by atoms with E-state index in [9.17, 15) is 14.4 Å². The molecule has 17 heavy (non-hydrogen) atoms. The minimum atomic E-state index is -1.19.